The summed E-state index contributed by atoms with van der Waals surface area (Å²) in [6.07, 6.45) is 1.50. The number of ether oxygens (including phenoxy) is 1. The first-order valence-electron chi connectivity index (χ1n) is 6.40. The van der Waals surface area contributed by atoms with Crippen molar-refractivity contribution in [2.24, 2.45) is 0 Å². The highest BCUT2D eigenvalue weighted by atomic mass is 31.2. The van der Waals surface area contributed by atoms with Crippen LogP contribution in [0.15, 0.2) is 27.7 Å². The van der Waals surface area contributed by atoms with Gasteiger partial charge in [0.25, 0.3) is 5.56 Å². The quantitative estimate of drug-likeness (QED) is 0.692. The van der Waals surface area contributed by atoms with Gasteiger partial charge in [0.05, 0.1) is 6.04 Å². The molecule has 1 aromatic heterocycles. The molecule has 1 heterocycles. The largest absolute Gasteiger partial charge is 0.355 e. The smallest absolute Gasteiger partial charge is 0.351 e. The van der Waals surface area contributed by atoms with Crippen molar-refractivity contribution >= 4 is 7.60 Å². The molecule has 1 unspecified atom stereocenters. The number of aryl methyl sites for hydroxylation is 1. The fraction of sp³-hybridized carbons (Fsp3) is 0.500. The lowest BCUT2D eigenvalue weighted by Gasteiger charge is -2.26. The Hall–Kier alpha value is -1.54. The number of nitrogens with zero attached hydrogens (tertiary/aromatic N) is 1. The van der Waals surface area contributed by atoms with Gasteiger partial charge in [-0.3, -0.25) is 18.9 Å². The third kappa shape index (κ3) is 3.44. The lowest BCUT2D eigenvalue weighted by atomic mass is 10.0. The minimum Gasteiger partial charge on any atom is -0.355 e. The molecule has 10 heteroatoms. The van der Waals surface area contributed by atoms with Crippen LogP contribution in [0.4, 0.5) is 4.39 Å². The van der Waals surface area contributed by atoms with Crippen LogP contribution >= 0.6 is 7.60 Å². The summed E-state index contributed by atoms with van der Waals surface area (Å²) in [6, 6.07) is -0.718. The summed E-state index contributed by atoms with van der Waals surface area (Å²) in [7, 11) is -4.44. The number of H-pyrrole nitrogens is 1. The van der Waals surface area contributed by atoms with Crippen molar-refractivity contribution < 1.29 is 23.5 Å². The Morgan fingerprint density at radius 3 is 2.77 bits per heavy atom. The van der Waals surface area contributed by atoms with E-state index in [-0.39, 0.29) is 12.0 Å². The number of nitrogens with one attached hydrogen (secondary N) is 1. The van der Waals surface area contributed by atoms with E-state index in [2.05, 4.69) is 4.98 Å². The fourth-order valence-corrected chi connectivity index (χ4v) is 2.72. The predicted octanol–water partition coefficient (Wildman–Crippen LogP) is 0.554. The molecule has 0 saturated carbocycles. The number of allylic oxidation sites excluding steroid dienone is 1. The zero-order valence-electron chi connectivity index (χ0n) is 11.9. The summed E-state index contributed by atoms with van der Waals surface area (Å²) < 4.78 is 31.1. The van der Waals surface area contributed by atoms with Gasteiger partial charge in [-0.2, -0.15) is 0 Å². The second-order valence-corrected chi connectivity index (χ2v) is 7.02. The number of hydrogen-bond donors (Lipinski definition) is 3. The first-order valence-corrected chi connectivity index (χ1v) is 8.20. The molecule has 0 amide bonds. The van der Waals surface area contributed by atoms with E-state index in [1.54, 1.807) is 0 Å². The van der Waals surface area contributed by atoms with Crippen LogP contribution in [-0.4, -0.2) is 31.3 Å². The maximum atomic E-state index is 14.1. The monoisotopic (exact) mass is 334 g/mol. The summed E-state index contributed by atoms with van der Waals surface area (Å²) in [5, 5.41) is 0. The van der Waals surface area contributed by atoms with Gasteiger partial charge < -0.3 is 14.5 Å². The molecular weight excluding hydrogens is 318 g/mol. The van der Waals surface area contributed by atoms with Crippen LogP contribution in [-0.2, 0) is 9.30 Å². The van der Waals surface area contributed by atoms with Gasteiger partial charge >= 0.3 is 13.3 Å². The standard InChI is InChI=1S/C12H16FN2O6P/c1-7-5-15(11(17)14-10(7)16)8-3-9(13)12(2,4-8)21-6-22(18,19)20/h3,5,8H,4,6H2,1-2H3,(H,14,16,17)(H2,18,19,20)/t8?,12-/m0/s1. The Bertz CT molecular complexity index is 779. The molecule has 0 radical (unpaired) electrons. The van der Waals surface area contributed by atoms with Crippen molar-refractivity contribution in [3.63, 3.8) is 0 Å². The Labute approximate surface area is 124 Å². The Morgan fingerprint density at radius 1 is 1.55 bits per heavy atom. The van der Waals surface area contributed by atoms with Gasteiger partial charge in [0.2, 0.25) is 0 Å². The van der Waals surface area contributed by atoms with Crippen LogP contribution in [0.1, 0.15) is 24.9 Å². The topological polar surface area (TPSA) is 122 Å². The Balaban J connectivity index is 2.28. The molecule has 0 saturated heterocycles. The van der Waals surface area contributed by atoms with Gasteiger partial charge in [0.15, 0.2) is 0 Å². The average Bonchev–Trinajstić information content (AvgIpc) is 2.68. The summed E-state index contributed by atoms with van der Waals surface area (Å²) in [5.74, 6) is -0.721. The van der Waals surface area contributed by atoms with Crippen molar-refractivity contribution in [1.82, 2.24) is 9.55 Å². The zero-order valence-corrected chi connectivity index (χ0v) is 12.8. The van der Waals surface area contributed by atoms with E-state index >= 15 is 0 Å². The molecular formula is C12H16FN2O6P. The molecule has 1 aliphatic rings. The van der Waals surface area contributed by atoms with Crippen LogP contribution in [0.25, 0.3) is 0 Å². The molecule has 2 rings (SSSR count). The predicted molar refractivity (Wildman–Crippen MR) is 75.3 cm³/mol. The minimum absolute atomic E-state index is 0.0236. The van der Waals surface area contributed by atoms with E-state index in [4.69, 9.17) is 14.5 Å². The Morgan fingerprint density at radius 2 is 2.18 bits per heavy atom. The molecule has 8 nitrogen and oxygen atoms in total. The van der Waals surface area contributed by atoms with E-state index in [9.17, 15) is 18.5 Å². The first kappa shape index (κ1) is 16.8. The van der Waals surface area contributed by atoms with E-state index in [1.165, 1.54) is 20.0 Å². The van der Waals surface area contributed by atoms with Gasteiger partial charge in [-0.15, -0.1) is 0 Å². The number of aromatic nitrogens is 2. The molecule has 0 aromatic carbocycles. The van der Waals surface area contributed by atoms with Crippen molar-refractivity contribution in [1.29, 1.82) is 0 Å². The van der Waals surface area contributed by atoms with Crippen LogP contribution in [0.3, 0.4) is 0 Å². The highest BCUT2D eigenvalue weighted by Gasteiger charge is 2.41. The van der Waals surface area contributed by atoms with Crippen LogP contribution in [0.5, 0.6) is 0 Å². The third-order valence-corrected chi connectivity index (χ3v) is 3.96. The number of halogens is 1. The van der Waals surface area contributed by atoms with Gasteiger partial charge in [0.1, 0.15) is 17.8 Å². The summed E-state index contributed by atoms with van der Waals surface area (Å²) >= 11 is 0. The molecule has 3 N–H and O–H groups in total. The normalized spacial score (nSPS) is 25.3. The lowest BCUT2D eigenvalue weighted by molar-refractivity contribution is -0.00255. The van der Waals surface area contributed by atoms with E-state index in [0.29, 0.717) is 0 Å². The summed E-state index contributed by atoms with van der Waals surface area (Å²) in [5.41, 5.74) is -2.46. The highest BCUT2D eigenvalue weighted by molar-refractivity contribution is 7.51. The Kier molecular flexibility index (Phi) is 4.27. The minimum atomic E-state index is -4.44. The highest BCUT2D eigenvalue weighted by Crippen LogP contribution is 2.44. The number of hydrogen-bond acceptors (Lipinski definition) is 4. The van der Waals surface area contributed by atoms with Crippen molar-refractivity contribution in [3.05, 3.63) is 44.5 Å². The van der Waals surface area contributed by atoms with Gasteiger partial charge in [-0.1, -0.05) is 0 Å². The van der Waals surface area contributed by atoms with Crippen LogP contribution in [0, 0.1) is 6.92 Å². The molecule has 1 aromatic rings. The first-order chi connectivity index (χ1) is 10.0. The number of aromatic amines is 1. The maximum absolute atomic E-state index is 14.1. The lowest BCUT2D eigenvalue weighted by Crippen LogP contribution is -2.34. The third-order valence-electron chi connectivity index (χ3n) is 3.50. The molecule has 2 atom stereocenters. The van der Waals surface area contributed by atoms with Gasteiger partial charge in [-0.05, 0) is 19.9 Å². The average molecular weight is 334 g/mol. The van der Waals surface area contributed by atoms with Crippen molar-refractivity contribution in [2.75, 3.05) is 6.35 Å². The number of rotatable bonds is 4. The van der Waals surface area contributed by atoms with Gasteiger partial charge in [-0.25, -0.2) is 9.18 Å². The van der Waals surface area contributed by atoms with E-state index < -0.39 is 42.7 Å². The second-order valence-electron chi connectivity index (χ2n) is 5.43. The molecule has 122 valence electrons. The molecule has 1 aliphatic carbocycles. The fourth-order valence-electron chi connectivity index (χ4n) is 2.27. The molecule has 0 fully saturated rings. The van der Waals surface area contributed by atoms with E-state index in [0.717, 1.165) is 10.6 Å². The molecule has 0 aliphatic heterocycles. The van der Waals surface area contributed by atoms with Crippen LogP contribution in [0.2, 0.25) is 0 Å². The maximum Gasteiger partial charge on any atom is 0.351 e. The van der Waals surface area contributed by atoms with Gasteiger partial charge in [0, 0.05) is 18.2 Å². The zero-order chi connectivity index (χ0) is 16.7. The van der Waals surface area contributed by atoms with Crippen molar-refractivity contribution in [3.8, 4) is 0 Å². The molecule has 0 spiro atoms. The molecule has 22 heavy (non-hydrogen) atoms. The molecule has 0 bridgehead atoms. The summed E-state index contributed by atoms with van der Waals surface area (Å²) in [4.78, 5) is 42.9. The van der Waals surface area contributed by atoms with E-state index in [1.807, 2.05) is 0 Å². The van der Waals surface area contributed by atoms with Crippen LogP contribution < -0.4 is 11.2 Å². The second kappa shape index (κ2) is 5.58. The summed E-state index contributed by atoms with van der Waals surface area (Å²) in [6.45, 7) is 2.85. The van der Waals surface area contributed by atoms with Crippen molar-refractivity contribution in [2.45, 2.75) is 31.9 Å². The SMILES string of the molecule is Cc1cn(C2C=C(F)[C@@](C)(OCP(=O)(O)O)C2)c(=O)[nH]c1=O.